The van der Waals surface area contributed by atoms with E-state index in [1.165, 1.54) is 17.8 Å². The highest BCUT2D eigenvalue weighted by Crippen LogP contribution is 2.32. The van der Waals surface area contributed by atoms with Crippen molar-refractivity contribution in [3.8, 4) is 6.07 Å². The summed E-state index contributed by atoms with van der Waals surface area (Å²) >= 11 is 1.17. The van der Waals surface area contributed by atoms with Crippen molar-refractivity contribution >= 4 is 11.8 Å². The summed E-state index contributed by atoms with van der Waals surface area (Å²) in [6.45, 7) is 1.88. The number of halogens is 3. The third-order valence-corrected chi connectivity index (χ3v) is 3.54. The second-order valence-electron chi connectivity index (χ2n) is 4.10. The summed E-state index contributed by atoms with van der Waals surface area (Å²) < 4.78 is 37.3. The lowest BCUT2D eigenvalue weighted by Gasteiger charge is -2.07. The highest BCUT2D eigenvalue weighted by molar-refractivity contribution is 7.99. The van der Waals surface area contributed by atoms with E-state index < -0.39 is 11.7 Å². The van der Waals surface area contributed by atoms with Crippen LogP contribution in [0.25, 0.3) is 0 Å². The Bertz CT molecular complexity index is 658. The van der Waals surface area contributed by atoms with Gasteiger partial charge in [0.25, 0.3) is 0 Å². The topological polar surface area (TPSA) is 36.7 Å². The van der Waals surface area contributed by atoms with E-state index in [4.69, 9.17) is 5.26 Å². The van der Waals surface area contributed by atoms with Crippen LogP contribution in [-0.4, -0.2) is 4.98 Å². The van der Waals surface area contributed by atoms with Gasteiger partial charge in [0.15, 0.2) is 0 Å². The Morgan fingerprint density at radius 3 is 2.50 bits per heavy atom. The summed E-state index contributed by atoms with van der Waals surface area (Å²) in [7, 11) is 0. The molecule has 0 aliphatic rings. The van der Waals surface area contributed by atoms with Crippen molar-refractivity contribution < 1.29 is 13.2 Å². The molecule has 0 saturated carbocycles. The zero-order valence-electron chi connectivity index (χ0n) is 10.4. The Morgan fingerprint density at radius 2 is 1.95 bits per heavy atom. The van der Waals surface area contributed by atoms with Gasteiger partial charge >= 0.3 is 6.18 Å². The van der Waals surface area contributed by atoms with Crippen LogP contribution in [0.5, 0.6) is 0 Å². The number of nitriles is 1. The fourth-order valence-corrected chi connectivity index (χ4v) is 2.46. The minimum Gasteiger partial charge on any atom is -0.249 e. The molecule has 0 amide bonds. The first kappa shape index (κ1) is 14.4. The predicted molar refractivity (Wildman–Crippen MR) is 69.3 cm³/mol. The summed E-state index contributed by atoms with van der Waals surface area (Å²) in [4.78, 5) is 4.46. The molecule has 102 valence electrons. The minimum atomic E-state index is -4.39. The lowest BCUT2D eigenvalue weighted by molar-refractivity contribution is -0.137. The van der Waals surface area contributed by atoms with Gasteiger partial charge in [0, 0.05) is 11.1 Å². The molecule has 1 aromatic heterocycles. The van der Waals surface area contributed by atoms with Crippen LogP contribution in [0.4, 0.5) is 13.2 Å². The van der Waals surface area contributed by atoms with Gasteiger partial charge in [0.2, 0.25) is 0 Å². The highest BCUT2D eigenvalue weighted by Gasteiger charge is 2.30. The number of aryl methyl sites for hydroxylation is 1. The molecule has 0 spiro atoms. The quantitative estimate of drug-likeness (QED) is 0.822. The van der Waals surface area contributed by atoms with Crippen molar-refractivity contribution in [2.75, 3.05) is 0 Å². The van der Waals surface area contributed by atoms with Crippen molar-refractivity contribution in [2.24, 2.45) is 0 Å². The number of benzene rings is 1. The van der Waals surface area contributed by atoms with Crippen LogP contribution in [-0.2, 0) is 6.18 Å². The molecule has 0 N–H and O–H groups in total. The van der Waals surface area contributed by atoms with Gasteiger partial charge in [-0.05, 0) is 36.8 Å². The van der Waals surface area contributed by atoms with Crippen molar-refractivity contribution in [1.82, 2.24) is 4.98 Å². The van der Waals surface area contributed by atoms with Gasteiger partial charge in [-0.2, -0.15) is 18.4 Å². The summed E-state index contributed by atoms with van der Waals surface area (Å²) in [6.07, 6.45) is -3.60. The molecule has 0 fully saturated rings. The number of alkyl halides is 3. The number of pyridine rings is 1. The maximum absolute atomic E-state index is 12.4. The monoisotopic (exact) mass is 294 g/mol. The SMILES string of the molecule is Cc1ccc(C#N)c(Sc2ccc(C(F)(F)F)cn2)c1. The highest BCUT2D eigenvalue weighted by atomic mass is 32.2. The van der Waals surface area contributed by atoms with Crippen LogP contribution in [0.1, 0.15) is 16.7 Å². The van der Waals surface area contributed by atoms with E-state index in [2.05, 4.69) is 11.1 Å². The fourth-order valence-electron chi connectivity index (χ4n) is 1.53. The van der Waals surface area contributed by atoms with Crippen molar-refractivity contribution in [2.45, 2.75) is 23.0 Å². The van der Waals surface area contributed by atoms with Crippen LogP contribution < -0.4 is 0 Å². The lowest BCUT2D eigenvalue weighted by atomic mass is 10.2. The molecule has 2 rings (SSSR count). The molecule has 0 aliphatic carbocycles. The molecule has 0 radical (unpaired) electrons. The second-order valence-corrected chi connectivity index (χ2v) is 5.16. The molecular weight excluding hydrogens is 285 g/mol. The smallest absolute Gasteiger partial charge is 0.249 e. The van der Waals surface area contributed by atoms with Crippen LogP contribution in [0, 0.1) is 18.3 Å². The van der Waals surface area contributed by atoms with Crippen molar-refractivity contribution in [3.63, 3.8) is 0 Å². The van der Waals surface area contributed by atoms with Crippen LogP contribution >= 0.6 is 11.8 Å². The molecule has 0 aliphatic heterocycles. The van der Waals surface area contributed by atoms with Gasteiger partial charge in [-0.25, -0.2) is 4.98 Å². The van der Waals surface area contributed by atoms with Gasteiger partial charge in [-0.3, -0.25) is 0 Å². The van der Waals surface area contributed by atoms with E-state index in [1.54, 1.807) is 6.07 Å². The zero-order chi connectivity index (χ0) is 14.8. The van der Waals surface area contributed by atoms with E-state index in [0.29, 0.717) is 15.5 Å². The number of aromatic nitrogens is 1. The largest absolute Gasteiger partial charge is 0.417 e. The molecule has 6 heteroatoms. The van der Waals surface area contributed by atoms with Crippen LogP contribution in [0.3, 0.4) is 0 Å². The third kappa shape index (κ3) is 3.31. The molecule has 1 aromatic carbocycles. The normalized spacial score (nSPS) is 11.2. The maximum atomic E-state index is 12.4. The van der Waals surface area contributed by atoms with Crippen LogP contribution in [0.2, 0.25) is 0 Å². The molecule has 2 aromatic rings. The number of rotatable bonds is 2. The predicted octanol–water partition coefficient (Wildman–Crippen LogP) is 4.43. The molecule has 0 saturated heterocycles. The second kappa shape index (κ2) is 5.55. The van der Waals surface area contributed by atoms with Crippen molar-refractivity contribution in [1.29, 1.82) is 5.26 Å². The maximum Gasteiger partial charge on any atom is 0.417 e. The van der Waals surface area contributed by atoms with Gasteiger partial charge in [-0.15, -0.1) is 0 Å². The van der Waals surface area contributed by atoms with E-state index in [0.717, 1.165) is 17.8 Å². The number of hydrogen-bond acceptors (Lipinski definition) is 3. The average Bonchev–Trinajstić information content (AvgIpc) is 2.38. The first-order valence-corrected chi connectivity index (χ1v) is 6.43. The average molecular weight is 294 g/mol. The van der Waals surface area contributed by atoms with Gasteiger partial charge in [-0.1, -0.05) is 17.8 Å². The minimum absolute atomic E-state index is 0.417. The number of hydrogen-bond donors (Lipinski definition) is 0. The van der Waals surface area contributed by atoms with E-state index in [9.17, 15) is 13.2 Å². The van der Waals surface area contributed by atoms with Crippen molar-refractivity contribution in [3.05, 3.63) is 53.2 Å². The van der Waals surface area contributed by atoms with Crippen LogP contribution in [0.15, 0.2) is 46.5 Å². The van der Waals surface area contributed by atoms with Gasteiger partial charge < -0.3 is 0 Å². The lowest BCUT2D eigenvalue weighted by Crippen LogP contribution is -2.05. The van der Waals surface area contributed by atoms with E-state index >= 15 is 0 Å². The molecule has 1 heterocycles. The molecule has 0 unspecified atom stereocenters. The van der Waals surface area contributed by atoms with E-state index in [1.807, 2.05) is 19.1 Å². The van der Waals surface area contributed by atoms with Gasteiger partial charge in [0.05, 0.1) is 11.1 Å². The molecule has 20 heavy (non-hydrogen) atoms. The summed E-state index contributed by atoms with van der Waals surface area (Å²) in [5.74, 6) is 0. The zero-order valence-corrected chi connectivity index (χ0v) is 11.2. The van der Waals surface area contributed by atoms with Gasteiger partial charge in [0.1, 0.15) is 11.1 Å². The third-order valence-electron chi connectivity index (χ3n) is 2.54. The summed E-state index contributed by atoms with van der Waals surface area (Å²) in [6, 6.07) is 9.63. The standard InChI is InChI=1S/C14H9F3N2S/c1-9-2-3-10(7-18)12(6-9)20-13-5-4-11(8-19-13)14(15,16)17/h2-6,8H,1H3. The first-order chi connectivity index (χ1) is 9.40. The van der Waals surface area contributed by atoms with E-state index in [-0.39, 0.29) is 0 Å². The Balaban J connectivity index is 2.27. The molecule has 0 bridgehead atoms. The molecule has 0 atom stereocenters. The Kier molecular flexibility index (Phi) is 4.00. The Labute approximate surface area is 118 Å². The fraction of sp³-hybridized carbons (Fsp3) is 0.143. The Morgan fingerprint density at radius 1 is 1.20 bits per heavy atom. The Hall–Kier alpha value is -2.00. The summed E-state index contributed by atoms with van der Waals surface area (Å²) in [5.41, 5.74) is 0.660. The first-order valence-electron chi connectivity index (χ1n) is 5.62. The molecular formula is C14H9F3N2S. The summed E-state index contributed by atoms with van der Waals surface area (Å²) in [5, 5.41) is 9.42. The molecule has 2 nitrogen and oxygen atoms in total. The number of nitrogens with zero attached hydrogens (tertiary/aromatic N) is 2.